The molecule has 0 aliphatic rings. The summed E-state index contributed by atoms with van der Waals surface area (Å²) in [6.07, 6.45) is 2.11. The Morgan fingerprint density at radius 2 is 2.17 bits per heavy atom. The van der Waals surface area contributed by atoms with Gasteiger partial charge in [0.1, 0.15) is 10.8 Å². The van der Waals surface area contributed by atoms with Gasteiger partial charge in [0.05, 0.1) is 23.4 Å². The molecule has 1 unspecified atom stereocenters. The Kier molecular flexibility index (Phi) is 3.99. The SMILES string of the molecule is CC=C(c1nc2ccc(OC)cc2s1)C(C)OC. The van der Waals surface area contributed by atoms with Gasteiger partial charge in [-0.3, -0.25) is 0 Å². The number of rotatable bonds is 4. The number of ether oxygens (including phenoxy) is 2. The first-order valence-electron chi connectivity index (χ1n) is 5.83. The van der Waals surface area contributed by atoms with Crippen LogP contribution in [0.3, 0.4) is 0 Å². The van der Waals surface area contributed by atoms with Crippen LogP contribution in [0.5, 0.6) is 5.75 Å². The summed E-state index contributed by atoms with van der Waals surface area (Å²) >= 11 is 1.66. The van der Waals surface area contributed by atoms with Crippen molar-refractivity contribution in [1.82, 2.24) is 4.98 Å². The van der Waals surface area contributed by atoms with Crippen LogP contribution in [0.4, 0.5) is 0 Å². The van der Waals surface area contributed by atoms with Crippen LogP contribution < -0.4 is 4.74 Å². The van der Waals surface area contributed by atoms with Crippen LogP contribution in [0.25, 0.3) is 15.8 Å². The van der Waals surface area contributed by atoms with Crippen molar-refractivity contribution in [2.45, 2.75) is 20.0 Å². The second-order valence-electron chi connectivity index (χ2n) is 3.97. The Hall–Kier alpha value is -1.39. The molecule has 4 heteroatoms. The number of methoxy groups -OCH3 is 2. The van der Waals surface area contributed by atoms with Crippen molar-refractivity contribution in [3.05, 3.63) is 29.3 Å². The zero-order chi connectivity index (χ0) is 13.1. The van der Waals surface area contributed by atoms with Crippen molar-refractivity contribution < 1.29 is 9.47 Å². The van der Waals surface area contributed by atoms with Gasteiger partial charge in [-0.1, -0.05) is 6.08 Å². The van der Waals surface area contributed by atoms with Crippen LogP contribution in [0.1, 0.15) is 18.9 Å². The van der Waals surface area contributed by atoms with E-state index in [-0.39, 0.29) is 6.10 Å². The van der Waals surface area contributed by atoms with Crippen LogP contribution >= 0.6 is 11.3 Å². The monoisotopic (exact) mass is 263 g/mol. The van der Waals surface area contributed by atoms with Gasteiger partial charge in [0.2, 0.25) is 0 Å². The van der Waals surface area contributed by atoms with E-state index in [2.05, 4.69) is 11.1 Å². The summed E-state index contributed by atoms with van der Waals surface area (Å²) in [6.45, 7) is 4.04. The van der Waals surface area contributed by atoms with Crippen LogP contribution in [0, 0.1) is 0 Å². The lowest BCUT2D eigenvalue weighted by Gasteiger charge is -2.10. The summed E-state index contributed by atoms with van der Waals surface area (Å²) in [5.74, 6) is 0.861. The number of aromatic nitrogens is 1. The second kappa shape index (κ2) is 5.50. The fourth-order valence-corrected chi connectivity index (χ4v) is 2.96. The maximum absolute atomic E-state index is 5.37. The van der Waals surface area contributed by atoms with E-state index in [1.807, 2.05) is 32.0 Å². The molecule has 0 aliphatic heterocycles. The lowest BCUT2D eigenvalue weighted by Crippen LogP contribution is -2.07. The van der Waals surface area contributed by atoms with Gasteiger partial charge in [0.15, 0.2) is 0 Å². The normalized spacial score (nSPS) is 13.9. The number of benzene rings is 1. The van der Waals surface area contributed by atoms with Gasteiger partial charge >= 0.3 is 0 Å². The number of hydrogen-bond donors (Lipinski definition) is 0. The number of fused-ring (bicyclic) bond motifs is 1. The molecule has 96 valence electrons. The molecule has 0 saturated carbocycles. The van der Waals surface area contributed by atoms with Gasteiger partial charge in [0, 0.05) is 12.7 Å². The van der Waals surface area contributed by atoms with Crippen molar-refractivity contribution in [3.63, 3.8) is 0 Å². The minimum atomic E-state index is 0.0532. The molecule has 0 aliphatic carbocycles. The van der Waals surface area contributed by atoms with Crippen molar-refractivity contribution in [1.29, 1.82) is 0 Å². The third-order valence-corrected chi connectivity index (χ3v) is 4.01. The zero-order valence-corrected chi connectivity index (χ0v) is 11.9. The first-order chi connectivity index (χ1) is 8.69. The minimum absolute atomic E-state index is 0.0532. The van der Waals surface area contributed by atoms with Gasteiger partial charge in [-0.25, -0.2) is 4.98 Å². The third-order valence-electron chi connectivity index (χ3n) is 2.95. The van der Waals surface area contributed by atoms with Gasteiger partial charge in [0.25, 0.3) is 0 Å². The van der Waals surface area contributed by atoms with Gasteiger partial charge in [-0.05, 0) is 32.0 Å². The van der Waals surface area contributed by atoms with E-state index >= 15 is 0 Å². The smallest absolute Gasteiger partial charge is 0.122 e. The first-order valence-corrected chi connectivity index (χ1v) is 6.65. The van der Waals surface area contributed by atoms with Crippen molar-refractivity contribution >= 4 is 27.1 Å². The molecule has 0 radical (unpaired) electrons. The van der Waals surface area contributed by atoms with Gasteiger partial charge in [-0.15, -0.1) is 11.3 Å². The van der Waals surface area contributed by atoms with Crippen LogP contribution in [-0.2, 0) is 4.74 Å². The second-order valence-corrected chi connectivity index (χ2v) is 5.01. The molecule has 2 rings (SSSR count). The summed E-state index contributed by atoms with van der Waals surface area (Å²) in [7, 11) is 3.39. The van der Waals surface area contributed by atoms with E-state index < -0.39 is 0 Å². The molecular formula is C14H17NO2S. The zero-order valence-electron chi connectivity index (χ0n) is 11.1. The molecule has 0 fully saturated rings. The lowest BCUT2D eigenvalue weighted by molar-refractivity contribution is 0.163. The average molecular weight is 263 g/mol. The maximum atomic E-state index is 5.37. The molecule has 3 nitrogen and oxygen atoms in total. The van der Waals surface area contributed by atoms with Crippen LogP contribution in [0.15, 0.2) is 24.3 Å². The quantitative estimate of drug-likeness (QED) is 0.842. The summed E-state index contributed by atoms with van der Waals surface area (Å²) in [5, 5.41) is 1.01. The fraction of sp³-hybridized carbons (Fsp3) is 0.357. The third kappa shape index (κ3) is 2.40. The number of nitrogens with zero attached hydrogens (tertiary/aromatic N) is 1. The summed E-state index contributed by atoms with van der Waals surface area (Å²) in [5.41, 5.74) is 2.12. The molecule has 0 N–H and O–H groups in total. The average Bonchev–Trinajstić information content (AvgIpc) is 2.81. The van der Waals surface area contributed by atoms with E-state index in [1.165, 1.54) is 0 Å². The fourth-order valence-electron chi connectivity index (χ4n) is 1.81. The van der Waals surface area contributed by atoms with Crippen LogP contribution in [-0.4, -0.2) is 25.3 Å². The molecule has 0 saturated heterocycles. The number of allylic oxidation sites excluding steroid dienone is 1. The van der Waals surface area contributed by atoms with Crippen molar-refractivity contribution in [2.75, 3.05) is 14.2 Å². The standard InChI is InChI=1S/C14H17NO2S/c1-5-11(9(2)16-3)14-15-12-7-6-10(17-4)8-13(12)18-14/h5-9H,1-4H3. The molecule has 1 aromatic heterocycles. The lowest BCUT2D eigenvalue weighted by atomic mass is 10.1. The Balaban J connectivity index is 2.46. The number of hydrogen-bond acceptors (Lipinski definition) is 4. The summed E-state index contributed by atoms with van der Waals surface area (Å²) in [6, 6.07) is 5.93. The highest BCUT2D eigenvalue weighted by Crippen LogP contribution is 2.31. The largest absolute Gasteiger partial charge is 0.497 e. The molecule has 0 bridgehead atoms. The van der Waals surface area contributed by atoms with Gasteiger partial charge in [-0.2, -0.15) is 0 Å². The molecule has 1 aromatic carbocycles. The van der Waals surface area contributed by atoms with E-state index in [1.54, 1.807) is 25.6 Å². The predicted molar refractivity (Wildman–Crippen MR) is 76.3 cm³/mol. The van der Waals surface area contributed by atoms with Crippen molar-refractivity contribution in [3.8, 4) is 5.75 Å². The molecule has 18 heavy (non-hydrogen) atoms. The highest BCUT2D eigenvalue weighted by Gasteiger charge is 2.14. The molecule has 0 spiro atoms. The highest BCUT2D eigenvalue weighted by atomic mass is 32.1. The summed E-state index contributed by atoms with van der Waals surface area (Å²) < 4.78 is 11.7. The minimum Gasteiger partial charge on any atom is -0.497 e. The van der Waals surface area contributed by atoms with E-state index in [9.17, 15) is 0 Å². The van der Waals surface area contributed by atoms with Crippen molar-refractivity contribution in [2.24, 2.45) is 0 Å². The molecular weight excluding hydrogens is 246 g/mol. The predicted octanol–water partition coefficient (Wildman–Crippen LogP) is 3.74. The van der Waals surface area contributed by atoms with E-state index in [4.69, 9.17) is 9.47 Å². The Labute approximate surface area is 111 Å². The Morgan fingerprint density at radius 3 is 2.78 bits per heavy atom. The van der Waals surface area contributed by atoms with Gasteiger partial charge < -0.3 is 9.47 Å². The van der Waals surface area contributed by atoms with E-state index in [0.717, 1.165) is 26.5 Å². The highest BCUT2D eigenvalue weighted by molar-refractivity contribution is 7.19. The molecule has 2 aromatic rings. The Morgan fingerprint density at radius 1 is 1.39 bits per heavy atom. The molecule has 1 heterocycles. The number of thiazole rings is 1. The molecule has 1 atom stereocenters. The Bertz CT molecular complexity index is 574. The van der Waals surface area contributed by atoms with Crippen LogP contribution in [0.2, 0.25) is 0 Å². The summed E-state index contributed by atoms with van der Waals surface area (Å²) in [4.78, 5) is 4.64. The van der Waals surface area contributed by atoms with E-state index in [0.29, 0.717) is 0 Å². The topological polar surface area (TPSA) is 31.4 Å². The maximum Gasteiger partial charge on any atom is 0.122 e. The molecule has 0 amide bonds. The first kappa shape index (κ1) is 13.1.